The van der Waals surface area contributed by atoms with E-state index in [9.17, 15) is 0 Å². The zero-order chi connectivity index (χ0) is 16.5. The molecule has 6 heteroatoms. The van der Waals surface area contributed by atoms with Crippen LogP contribution in [0.2, 0.25) is 0 Å². The van der Waals surface area contributed by atoms with Crippen molar-refractivity contribution in [1.29, 1.82) is 0 Å². The van der Waals surface area contributed by atoms with Crippen LogP contribution >= 0.6 is 11.3 Å². The molecule has 2 N–H and O–H groups in total. The van der Waals surface area contributed by atoms with Gasteiger partial charge in [0.2, 0.25) is 0 Å². The van der Waals surface area contributed by atoms with Crippen LogP contribution in [0, 0.1) is 6.92 Å². The van der Waals surface area contributed by atoms with E-state index in [1.807, 2.05) is 66.9 Å². The van der Waals surface area contributed by atoms with Crippen molar-refractivity contribution in [2.24, 2.45) is 0 Å². The van der Waals surface area contributed by atoms with Gasteiger partial charge in [0.15, 0.2) is 11.5 Å². The molecule has 0 spiro atoms. The smallest absolute Gasteiger partial charge is 0.165 e. The Morgan fingerprint density at radius 2 is 1.75 bits per heavy atom. The molecule has 0 atom stereocenters. The average Bonchev–Trinajstić information content (AvgIpc) is 3.23. The molecule has 0 unspecified atom stereocenters. The third-order valence-corrected chi connectivity index (χ3v) is 4.61. The van der Waals surface area contributed by atoms with E-state index < -0.39 is 0 Å². The van der Waals surface area contributed by atoms with Gasteiger partial charge in [0, 0.05) is 10.9 Å². The molecule has 0 saturated carbocycles. The molecule has 4 aromatic rings. The maximum absolute atomic E-state index is 6.26. The lowest BCUT2D eigenvalue weighted by Crippen LogP contribution is -2.02. The largest absolute Gasteiger partial charge is 0.382 e. The Kier molecular flexibility index (Phi) is 3.59. The number of anilines is 1. The lowest BCUT2D eigenvalue weighted by molar-refractivity contribution is 0.810. The number of aromatic nitrogens is 4. The van der Waals surface area contributed by atoms with Gasteiger partial charge in [-0.15, -0.1) is 16.4 Å². The molecular formula is C18H15N5S. The number of hydrogen-bond donors (Lipinski definition) is 1. The molecule has 2 aromatic heterocycles. The number of rotatable bonds is 3. The van der Waals surface area contributed by atoms with Crippen molar-refractivity contribution in [1.82, 2.24) is 20.0 Å². The summed E-state index contributed by atoms with van der Waals surface area (Å²) in [7, 11) is 0. The molecule has 0 aliphatic rings. The Morgan fingerprint density at radius 1 is 1.00 bits per heavy atom. The van der Waals surface area contributed by atoms with Crippen LogP contribution in [-0.4, -0.2) is 20.0 Å². The molecule has 0 saturated heterocycles. The summed E-state index contributed by atoms with van der Waals surface area (Å²) in [6.45, 7) is 2.04. The lowest BCUT2D eigenvalue weighted by Gasteiger charge is -2.03. The minimum Gasteiger partial charge on any atom is -0.382 e. The fourth-order valence-electron chi connectivity index (χ4n) is 2.44. The van der Waals surface area contributed by atoms with Crippen LogP contribution in [0.3, 0.4) is 0 Å². The molecule has 2 aromatic carbocycles. The van der Waals surface area contributed by atoms with E-state index >= 15 is 0 Å². The fraction of sp³-hybridized carbons (Fsp3) is 0.0556. The van der Waals surface area contributed by atoms with Gasteiger partial charge in [-0.05, 0) is 19.1 Å². The van der Waals surface area contributed by atoms with Crippen LogP contribution in [0.1, 0.15) is 5.56 Å². The highest BCUT2D eigenvalue weighted by Crippen LogP contribution is 2.31. The van der Waals surface area contributed by atoms with Gasteiger partial charge in [-0.25, -0.2) is 4.98 Å². The highest BCUT2D eigenvalue weighted by atomic mass is 32.1. The molecule has 0 amide bonds. The molecule has 0 fully saturated rings. The number of thiazole rings is 1. The maximum atomic E-state index is 6.26. The number of aryl methyl sites for hydroxylation is 1. The monoisotopic (exact) mass is 333 g/mol. The predicted octanol–water partition coefficient (Wildman–Crippen LogP) is 3.95. The van der Waals surface area contributed by atoms with Crippen LogP contribution in [0.15, 0.2) is 60.0 Å². The third kappa shape index (κ3) is 2.57. The van der Waals surface area contributed by atoms with E-state index in [1.54, 1.807) is 4.68 Å². The molecular weight excluding hydrogens is 318 g/mol. The zero-order valence-electron chi connectivity index (χ0n) is 13.0. The minimum atomic E-state index is 0.493. The molecule has 5 nitrogen and oxygen atoms in total. The quantitative estimate of drug-likeness (QED) is 0.616. The highest BCUT2D eigenvalue weighted by Gasteiger charge is 2.16. The topological polar surface area (TPSA) is 69.6 Å². The van der Waals surface area contributed by atoms with Crippen LogP contribution in [0.5, 0.6) is 0 Å². The van der Waals surface area contributed by atoms with Gasteiger partial charge in [0.05, 0.1) is 11.4 Å². The summed E-state index contributed by atoms with van der Waals surface area (Å²) in [6.07, 6.45) is 0. The lowest BCUT2D eigenvalue weighted by atomic mass is 10.2. The molecule has 0 aliphatic carbocycles. The van der Waals surface area contributed by atoms with Gasteiger partial charge in [0.1, 0.15) is 5.01 Å². The first-order valence-corrected chi connectivity index (χ1v) is 8.40. The summed E-state index contributed by atoms with van der Waals surface area (Å²) in [5.41, 5.74) is 10.9. The second kappa shape index (κ2) is 5.90. The first kappa shape index (κ1) is 14.6. The highest BCUT2D eigenvalue weighted by molar-refractivity contribution is 7.13. The zero-order valence-corrected chi connectivity index (χ0v) is 13.9. The van der Waals surface area contributed by atoms with E-state index in [2.05, 4.69) is 15.3 Å². The fourth-order valence-corrected chi connectivity index (χ4v) is 3.26. The number of nitrogen functional groups attached to an aromatic ring is 1. The Hall–Kier alpha value is -2.99. The third-order valence-electron chi connectivity index (χ3n) is 3.76. The van der Waals surface area contributed by atoms with Crippen LogP contribution in [0.4, 0.5) is 5.82 Å². The van der Waals surface area contributed by atoms with Crippen molar-refractivity contribution < 1.29 is 0 Å². The van der Waals surface area contributed by atoms with E-state index in [-0.39, 0.29) is 0 Å². The van der Waals surface area contributed by atoms with E-state index in [4.69, 9.17) is 5.73 Å². The van der Waals surface area contributed by atoms with E-state index in [0.29, 0.717) is 11.5 Å². The van der Waals surface area contributed by atoms with E-state index in [1.165, 1.54) is 16.9 Å². The van der Waals surface area contributed by atoms with Crippen molar-refractivity contribution in [2.45, 2.75) is 6.92 Å². The Bertz CT molecular complexity index is 970. The second-order valence-corrected chi connectivity index (χ2v) is 6.33. The Morgan fingerprint density at radius 3 is 2.50 bits per heavy atom. The SMILES string of the molecule is Cc1ccc(-n2nnc(-c3nc(-c4ccccc4)cs3)c2N)cc1. The van der Waals surface area contributed by atoms with E-state index in [0.717, 1.165) is 22.0 Å². The summed E-state index contributed by atoms with van der Waals surface area (Å²) in [5.74, 6) is 0.493. The van der Waals surface area contributed by atoms with Crippen molar-refractivity contribution in [3.05, 3.63) is 65.5 Å². The van der Waals surface area contributed by atoms with Gasteiger partial charge < -0.3 is 5.73 Å². The summed E-state index contributed by atoms with van der Waals surface area (Å²) >= 11 is 1.52. The van der Waals surface area contributed by atoms with Gasteiger partial charge in [0.25, 0.3) is 0 Å². The van der Waals surface area contributed by atoms with Crippen LogP contribution in [-0.2, 0) is 0 Å². The molecule has 0 aliphatic heterocycles. The van der Waals surface area contributed by atoms with Crippen molar-refractivity contribution >= 4 is 17.2 Å². The Labute approximate surface area is 143 Å². The summed E-state index contributed by atoms with van der Waals surface area (Å²) in [6, 6.07) is 18.0. The number of hydrogen-bond acceptors (Lipinski definition) is 5. The minimum absolute atomic E-state index is 0.493. The van der Waals surface area contributed by atoms with Gasteiger partial charge in [-0.1, -0.05) is 53.2 Å². The molecule has 24 heavy (non-hydrogen) atoms. The summed E-state index contributed by atoms with van der Waals surface area (Å²) < 4.78 is 1.64. The van der Waals surface area contributed by atoms with Crippen LogP contribution in [0.25, 0.3) is 27.6 Å². The first-order chi connectivity index (χ1) is 11.7. The molecule has 2 heterocycles. The van der Waals surface area contributed by atoms with Gasteiger partial charge in [-0.2, -0.15) is 4.68 Å². The molecule has 118 valence electrons. The van der Waals surface area contributed by atoms with Crippen LogP contribution < -0.4 is 5.73 Å². The van der Waals surface area contributed by atoms with Crippen molar-refractivity contribution in [3.8, 4) is 27.6 Å². The summed E-state index contributed by atoms with van der Waals surface area (Å²) in [5, 5.41) is 11.2. The first-order valence-electron chi connectivity index (χ1n) is 7.52. The molecule has 0 radical (unpaired) electrons. The molecule has 4 rings (SSSR count). The standard InChI is InChI=1S/C18H15N5S/c1-12-7-9-14(10-8-12)23-17(19)16(21-22-23)18-20-15(11-24-18)13-5-3-2-4-6-13/h2-11H,19H2,1H3. The average molecular weight is 333 g/mol. The van der Waals surface area contributed by atoms with Crippen molar-refractivity contribution in [3.63, 3.8) is 0 Å². The molecule has 0 bridgehead atoms. The number of benzene rings is 2. The second-order valence-electron chi connectivity index (χ2n) is 5.47. The Balaban J connectivity index is 1.71. The maximum Gasteiger partial charge on any atom is 0.165 e. The predicted molar refractivity (Wildman–Crippen MR) is 97.1 cm³/mol. The number of nitrogens with zero attached hydrogens (tertiary/aromatic N) is 4. The van der Waals surface area contributed by atoms with Crippen molar-refractivity contribution in [2.75, 3.05) is 5.73 Å². The number of nitrogens with two attached hydrogens (primary N) is 1. The van der Waals surface area contributed by atoms with Gasteiger partial charge >= 0.3 is 0 Å². The summed E-state index contributed by atoms with van der Waals surface area (Å²) in [4.78, 5) is 4.66. The van der Waals surface area contributed by atoms with Gasteiger partial charge in [-0.3, -0.25) is 0 Å². The normalized spacial score (nSPS) is 10.9.